The largest absolute Gasteiger partial charge is 0.338 e. The van der Waals surface area contributed by atoms with Crippen LogP contribution in [0.25, 0.3) is 0 Å². The van der Waals surface area contributed by atoms with Crippen LogP contribution in [0.2, 0.25) is 0 Å². The van der Waals surface area contributed by atoms with Crippen LogP contribution < -0.4 is 5.32 Å². The fourth-order valence-electron chi connectivity index (χ4n) is 3.38. The first-order valence-electron chi connectivity index (χ1n) is 9.84. The molecule has 2 aromatic carbocycles. The molecule has 1 aliphatic rings. The van der Waals surface area contributed by atoms with E-state index in [2.05, 4.69) is 5.32 Å². The Balaban J connectivity index is 1.74. The van der Waals surface area contributed by atoms with E-state index in [1.807, 2.05) is 36.9 Å². The molecule has 0 atom stereocenters. The lowest BCUT2D eigenvalue weighted by Crippen LogP contribution is -2.38. The van der Waals surface area contributed by atoms with Crippen LogP contribution in [-0.4, -0.2) is 50.1 Å². The summed E-state index contributed by atoms with van der Waals surface area (Å²) < 4.78 is 25.4. The quantitative estimate of drug-likeness (QED) is 0.792. The minimum atomic E-state index is -3.54. The van der Waals surface area contributed by atoms with E-state index in [0.717, 1.165) is 16.3 Å². The Bertz CT molecular complexity index is 1060. The third kappa shape index (κ3) is 4.55. The zero-order valence-electron chi connectivity index (χ0n) is 17.7. The highest BCUT2D eigenvalue weighted by atomic mass is 32.2. The fourth-order valence-corrected chi connectivity index (χ4v) is 4.28. The fraction of sp³-hybridized carbons (Fsp3) is 0.364. The Hall–Kier alpha value is -2.71. The number of benzene rings is 2. The number of sulfonamides is 1. The molecule has 1 N–H and O–H groups in total. The number of carbonyl (C=O) groups is 2. The molecule has 0 fully saturated rings. The van der Waals surface area contributed by atoms with Crippen molar-refractivity contribution in [2.45, 2.75) is 31.7 Å². The number of carbonyl (C=O) groups excluding carboxylic acids is 2. The number of fused-ring (bicyclic) bond motifs is 1. The van der Waals surface area contributed by atoms with Crippen molar-refractivity contribution in [2.75, 3.05) is 26.0 Å². The molecule has 2 aromatic rings. The first-order chi connectivity index (χ1) is 14.1. The van der Waals surface area contributed by atoms with Crippen LogP contribution in [-0.2, 0) is 27.8 Å². The van der Waals surface area contributed by atoms with E-state index in [4.69, 9.17) is 0 Å². The number of rotatable bonds is 5. The molecule has 0 saturated carbocycles. The van der Waals surface area contributed by atoms with E-state index in [9.17, 15) is 18.0 Å². The summed E-state index contributed by atoms with van der Waals surface area (Å²) >= 11 is 0. The SMILES string of the molecule is CC(C)C(=O)N1CCc2ccc(NC(=O)c3ccc(S(=O)(=O)N(C)C)cc3)cc2C1. The van der Waals surface area contributed by atoms with Crippen molar-refractivity contribution in [1.82, 2.24) is 9.21 Å². The van der Waals surface area contributed by atoms with Crippen molar-refractivity contribution < 1.29 is 18.0 Å². The number of hydrogen-bond acceptors (Lipinski definition) is 4. The van der Waals surface area contributed by atoms with E-state index in [1.165, 1.54) is 43.9 Å². The van der Waals surface area contributed by atoms with Crippen molar-refractivity contribution >= 4 is 27.5 Å². The highest BCUT2D eigenvalue weighted by Gasteiger charge is 2.23. The van der Waals surface area contributed by atoms with Crippen molar-refractivity contribution in [3.63, 3.8) is 0 Å². The van der Waals surface area contributed by atoms with E-state index >= 15 is 0 Å². The van der Waals surface area contributed by atoms with Crippen LogP contribution in [0.1, 0.15) is 35.3 Å². The van der Waals surface area contributed by atoms with Gasteiger partial charge >= 0.3 is 0 Å². The van der Waals surface area contributed by atoms with Gasteiger partial charge < -0.3 is 10.2 Å². The molecule has 7 nitrogen and oxygen atoms in total. The van der Waals surface area contributed by atoms with Crippen molar-refractivity contribution in [3.8, 4) is 0 Å². The van der Waals surface area contributed by atoms with Crippen LogP contribution in [0.5, 0.6) is 0 Å². The zero-order valence-corrected chi connectivity index (χ0v) is 18.5. The Morgan fingerprint density at radius 3 is 2.30 bits per heavy atom. The van der Waals surface area contributed by atoms with Gasteiger partial charge in [0.2, 0.25) is 15.9 Å². The summed E-state index contributed by atoms with van der Waals surface area (Å²) in [5, 5.41) is 2.85. The molecule has 0 aromatic heterocycles. The molecule has 0 bridgehead atoms. The molecule has 2 amide bonds. The van der Waals surface area contributed by atoms with Gasteiger partial charge in [-0.2, -0.15) is 0 Å². The van der Waals surface area contributed by atoms with Gasteiger partial charge in [0.05, 0.1) is 4.90 Å². The van der Waals surface area contributed by atoms with Gasteiger partial charge in [0.15, 0.2) is 0 Å². The smallest absolute Gasteiger partial charge is 0.255 e. The second kappa shape index (κ2) is 8.57. The highest BCUT2D eigenvalue weighted by Crippen LogP contribution is 2.24. The number of amides is 2. The normalized spacial score (nSPS) is 14.0. The summed E-state index contributed by atoms with van der Waals surface area (Å²) in [6.07, 6.45) is 0.795. The van der Waals surface area contributed by atoms with Gasteiger partial charge in [-0.25, -0.2) is 12.7 Å². The van der Waals surface area contributed by atoms with Gasteiger partial charge in [-0.3, -0.25) is 9.59 Å². The summed E-state index contributed by atoms with van der Waals surface area (Å²) in [6, 6.07) is 11.6. The summed E-state index contributed by atoms with van der Waals surface area (Å²) in [7, 11) is -0.617. The Kier molecular flexibility index (Phi) is 6.28. The minimum Gasteiger partial charge on any atom is -0.338 e. The zero-order chi connectivity index (χ0) is 22.1. The molecule has 0 aliphatic carbocycles. The molecule has 160 valence electrons. The van der Waals surface area contributed by atoms with Crippen LogP contribution in [0.3, 0.4) is 0 Å². The molecule has 3 rings (SSSR count). The molecule has 0 unspecified atom stereocenters. The average Bonchev–Trinajstić information content (AvgIpc) is 2.72. The van der Waals surface area contributed by atoms with Gasteiger partial charge in [-0.05, 0) is 53.9 Å². The first kappa shape index (κ1) is 22.0. The molecular weight excluding hydrogens is 402 g/mol. The molecule has 0 spiro atoms. The maximum Gasteiger partial charge on any atom is 0.255 e. The topological polar surface area (TPSA) is 86.8 Å². The van der Waals surface area contributed by atoms with Crippen LogP contribution in [0.15, 0.2) is 47.4 Å². The monoisotopic (exact) mass is 429 g/mol. The standard InChI is InChI=1S/C22H27N3O4S/c1-15(2)22(27)25-12-11-16-5-8-19(13-18(16)14-25)23-21(26)17-6-9-20(10-7-17)30(28,29)24(3)4/h5-10,13,15H,11-12,14H2,1-4H3,(H,23,26). The van der Waals surface area contributed by atoms with E-state index in [0.29, 0.717) is 24.3 Å². The lowest BCUT2D eigenvalue weighted by atomic mass is 9.98. The maximum atomic E-state index is 12.6. The second-order valence-corrected chi connectivity index (χ2v) is 10.1. The number of nitrogens with one attached hydrogen (secondary N) is 1. The lowest BCUT2D eigenvalue weighted by molar-refractivity contribution is -0.135. The second-order valence-electron chi connectivity index (χ2n) is 7.91. The van der Waals surface area contributed by atoms with Gasteiger partial charge in [0.1, 0.15) is 0 Å². The van der Waals surface area contributed by atoms with E-state index in [1.54, 1.807) is 0 Å². The van der Waals surface area contributed by atoms with Crippen molar-refractivity contribution in [2.24, 2.45) is 5.92 Å². The van der Waals surface area contributed by atoms with Crippen molar-refractivity contribution in [1.29, 1.82) is 0 Å². The van der Waals surface area contributed by atoms with Crippen LogP contribution in [0.4, 0.5) is 5.69 Å². The lowest BCUT2D eigenvalue weighted by Gasteiger charge is -2.30. The molecule has 8 heteroatoms. The summed E-state index contributed by atoms with van der Waals surface area (Å²) in [4.78, 5) is 26.9. The van der Waals surface area contributed by atoms with Crippen LogP contribution in [0, 0.1) is 5.92 Å². The maximum absolute atomic E-state index is 12.6. The third-order valence-electron chi connectivity index (χ3n) is 5.18. The Labute approximate surface area is 177 Å². The molecular formula is C22H27N3O4S. The molecule has 1 aliphatic heterocycles. The third-order valence-corrected chi connectivity index (χ3v) is 7.01. The number of hydrogen-bond donors (Lipinski definition) is 1. The molecule has 0 saturated heterocycles. The van der Waals surface area contributed by atoms with Crippen LogP contribution >= 0.6 is 0 Å². The average molecular weight is 430 g/mol. The summed E-state index contributed by atoms with van der Waals surface area (Å²) in [6.45, 7) is 5.03. The Morgan fingerprint density at radius 1 is 1.03 bits per heavy atom. The summed E-state index contributed by atoms with van der Waals surface area (Å²) in [5.41, 5.74) is 3.21. The predicted molar refractivity (Wildman–Crippen MR) is 116 cm³/mol. The number of nitrogens with zero attached hydrogens (tertiary/aromatic N) is 2. The molecule has 30 heavy (non-hydrogen) atoms. The minimum absolute atomic E-state index is 0.0475. The van der Waals surface area contributed by atoms with Gasteiger partial charge in [-0.15, -0.1) is 0 Å². The Morgan fingerprint density at radius 2 is 1.70 bits per heavy atom. The van der Waals surface area contributed by atoms with E-state index in [-0.39, 0.29) is 22.6 Å². The molecule has 0 radical (unpaired) electrons. The first-order valence-corrected chi connectivity index (χ1v) is 11.3. The van der Waals surface area contributed by atoms with Gasteiger partial charge in [0, 0.05) is 44.4 Å². The number of anilines is 1. The van der Waals surface area contributed by atoms with E-state index < -0.39 is 10.0 Å². The summed E-state index contributed by atoms with van der Waals surface area (Å²) in [5.74, 6) is -0.244. The van der Waals surface area contributed by atoms with Gasteiger partial charge in [-0.1, -0.05) is 19.9 Å². The predicted octanol–water partition coefficient (Wildman–Crippen LogP) is 2.73. The van der Waals surface area contributed by atoms with Gasteiger partial charge in [0.25, 0.3) is 5.91 Å². The van der Waals surface area contributed by atoms with Crippen molar-refractivity contribution in [3.05, 3.63) is 59.2 Å². The molecule has 1 heterocycles. The highest BCUT2D eigenvalue weighted by molar-refractivity contribution is 7.89.